The molecule has 1 aliphatic heterocycles. The molecule has 1 aliphatic carbocycles. The fourth-order valence-electron chi connectivity index (χ4n) is 4.38. The zero-order valence-corrected chi connectivity index (χ0v) is 17.4. The second-order valence-electron chi connectivity index (χ2n) is 7.89. The van der Waals surface area contributed by atoms with Crippen LogP contribution in [0.3, 0.4) is 0 Å². The number of hydrogen-bond acceptors (Lipinski definition) is 5. The molecule has 6 nitrogen and oxygen atoms in total. The number of nitrogens with zero attached hydrogens (tertiary/aromatic N) is 1. The molecule has 1 aromatic heterocycles. The van der Waals surface area contributed by atoms with E-state index in [0.29, 0.717) is 28.0 Å². The number of carbonyl (C=O) groups is 2. The maximum atomic E-state index is 14.7. The number of halogens is 1. The molecule has 0 spiro atoms. The van der Waals surface area contributed by atoms with Crippen LogP contribution in [-0.4, -0.2) is 37.0 Å². The van der Waals surface area contributed by atoms with Gasteiger partial charge in [0.15, 0.2) is 0 Å². The van der Waals surface area contributed by atoms with Gasteiger partial charge in [0, 0.05) is 19.5 Å². The maximum Gasteiger partial charge on any atom is 0.261 e. The molecule has 1 saturated carbocycles. The lowest BCUT2D eigenvalue weighted by Gasteiger charge is -2.23. The Labute approximate surface area is 178 Å². The number of benzene rings is 1. The molecule has 0 unspecified atom stereocenters. The first-order valence-corrected chi connectivity index (χ1v) is 10.9. The van der Waals surface area contributed by atoms with Gasteiger partial charge >= 0.3 is 0 Å². The summed E-state index contributed by atoms with van der Waals surface area (Å²) in [7, 11) is 1.56. The molecule has 0 radical (unpaired) electrons. The van der Waals surface area contributed by atoms with Crippen LogP contribution in [0.1, 0.15) is 34.5 Å². The standard InChI is InChI=1S/C22H23FN4O2S/c1-25-21(28)19-9-15(11-30-19)12-2-3-13(18(23)8-12)6-17(10-24)27-22(29)20-14-4-5-16(7-14)26-20/h2-3,8-9,11,14,16-17,20,26H,4-7H2,1H3,(H,25,28)(H,27,29)/t14-,16+,17-,20-/m0/s1. The summed E-state index contributed by atoms with van der Waals surface area (Å²) in [5, 5.41) is 19.9. The van der Waals surface area contributed by atoms with Gasteiger partial charge in [0.25, 0.3) is 5.91 Å². The van der Waals surface area contributed by atoms with Gasteiger partial charge in [-0.2, -0.15) is 5.26 Å². The predicted molar refractivity (Wildman–Crippen MR) is 112 cm³/mol. The Balaban J connectivity index is 1.42. The average molecular weight is 427 g/mol. The Hall–Kier alpha value is -2.76. The Morgan fingerprint density at radius 2 is 2.17 bits per heavy atom. The first-order chi connectivity index (χ1) is 14.5. The third-order valence-corrected chi connectivity index (χ3v) is 6.90. The van der Waals surface area contributed by atoms with Crippen LogP contribution in [0.4, 0.5) is 4.39 Å². The zero-order chi connectivity index (χ0) is 21.3. The van der Waals surface area contributed by atoms with Gasteiger partial charge in [0.1, 0.15) is 11.9 Å². The molecule has 30 heavy (non-hydrogen) atoms. The molecule has 2 aliphatic rings. The molecule has 1 aromatic carbocycles. The summed E-state index contributed by atoms with van der Waals surface area (Å²) in [6, 6.07) is 7.96. The fraction of sp³-hybridized carbons (Fsp3) is 0.409. The van der Waals surface area contributed by atoms with E-state index in [0.717, 1.165) is 24.8 Å². The van der Waals surface area contributed by atoms with Crippen molar-refractivity contribution in [2.45, 2.75) is 43.8 Å². The van der Waals surface area contributed by atoms with E-state index in [4.69, 9.17) is 0 Å². The molecule has 2 fully saturated rings. The van der Waals surface area contributed by atoms with Crippen molar-refractivity contribution in [2.75, 3.05) is 7.05 Å². The lowest BCUT2D eigenvalue weighted by atomic mass is 9.98. The van der Waals surface area contributed by atoms with Gasteiger partial charge in [0.2, 0.25) is 5.91 Å². The summed E-state index contributed by atoms with van der Waals surface area (Å²) in [5.41, 5.74) is 1.79. The summed E-state index contributed by atoms with van der Waals surface area (Å²) in [6.07, 6.45) is 3.24. The predicted octanol–water partition coefficient (Wildman–Crippen LogP) is 2.61. The van der Waals surface area contributed by atoms with Crippen molar-refractivity contribution in [1.82, 2.24) is 16.0 Å². The number of nitrogens with one attached hydrogen (secondary N) is 3. The van der Waals surface area contributed by atoms with E-state index in [9.17, 15) is 19.2 Å². The summed E-state index contributed by atoms with van der Waals surface area (Å²) in [6.45, 7) is 0. The minimum absolute atomic E-state index is 0.0995. The van der Waals surface area contributed by atoms with Crippen LogP contribution in [-0.2, 0) is 11.2 Å². The lowest BCUT2D eigenvalue weighted by molar-refractivity contribution is -0.124. The van der Waals surface area contributed by atoms with Gasteiger partial charge in [-0.05, 0) is 59.4 Å². The van der Waals surface area contributed by atoms with Crippen molar-refractivity contribution in [3.63, 3.8) is 0 Å². The summed E-state index contributed by atoms with van der Waals surface area (Å²) < 4.78 is 14.7. The van der Waals surface area contributed by atoms with E-state index in [1.807, 2.05) is 0 Å². The Kier molecular flexibility index (Phi) is 5.84. The Morgan fingerprint density at radius 1 is 1.33 bits per heavy atom. The van der Waals surface area contributed by atoms with E-state index >= 15 is 0 Å². The minimum Gasteiger partial charge on any atom is -0.354 e. The highest BCUT2D eigenvalue weighted by atomic mass is 32.1. The third-order valence-electron chi connectivity index (χ3n) is 5.98. The second-order valence-corrected chi connectivity index (χ2v) is 8.80. The third kappa shape index (κ3) is 4.09. The minimum atomic E-state index is -0.792. The Bertz CT molecular complexity index is 1010. The van der Waals surface area contributed by atoms with E-state index in [2.05, 4.69) is 22.0 Å². The Morgan fingerprint density at radius 3 is 2.80 bits per heavy atom. The first kappa shape index (κ1) is 20.5. The van der Waals surface area contributed by atoms with Crippen molar-refractivity contribution >= 4 is 23.2 Å². The summed E-state index contributed by atoms with van der Waals surface area (Å²) in [4.78, 5) is 24.8. The molecular formula is C22H23FN4O2S. The van der Waals surface area contributed by atoms with Crippen LogP contribution < -0.4 is 16.0 Å². The first-order valence-electron chi connectivity index (χ1n) is 10.0. The van der Waals surface area contributed by atoms with Crippen molar-refractivity contribution in [2.24, 2.45) is 5.92 Å². The van der Waals surface area contributed by atoms with E-state index in [1.165, 1.54) is 17.4 Å². The number of piperidine rings is 1. The highest BCUT2D eigenvalue weighted by molar-refractivity contribution is 7.12. The molecular weight excluding hydrogens is 403 g/mol. The van der Waals surface area contributed by atoms with Crippen LogP contribution in [0.5, 0.6) is 0 Å². The molecule has 4 rings (SSSR count). The van der Waals surface area contributed by atoms with Crippen LogP contribution in [0.15, 0.2) is 29.6 Å². The van der Waals surface area contributed by atoms with Crippen molar-refractivity contribution in [3.8, 4) is 17.2 Å². The monoisotopic (exact) mass is 426 g/mol. The largest absolute Gasteiger partial charge is 0.354 e. The normalized spacial score (nSPS) is 23.0. The molecule has 2 aromatic rings. The lowest BCUT2D eigenvalue weighted by Crippen LogP contribution is -2.50. The van der Waals surface area contributed by atoms with Gasteiger partial charge in [-0.3, -0.25) is 9.59 Å². The second kappa shape index (κ2) is 8.54. The van der Waals surface area contributed by atoms with Crippen LogP contribution in [0, 0.1) is 23.1 Å². The van der Waals surface area contributed by atoms with Crippen LogP contribution >= 0.6 is 11.3 Å². The van der Waals surface area contributed by atoms with Crippen molar-refractivity contribution in [3.05, 3.63) is 45.9 Å². The number of fused-ring (bicyclic) bond motifs is 2. The van der Waals surface area contributed by atoms with Gasteiger partial charge in [-0.25, -0.2) is 4.39 Å². The van der Waals surface area contributed by atoms with Crippen molar-refractivity contribution < 1.29 is 14.0 Å². The number of thiophene rings is 1. The maximum absolute atomic E-state index is 14.7. The van der Waals surface area contributed by atoms with Crippen LogP contribution in [0.2, 0.25) is 0 Å². The van der Waals surface area contributed by atoms with E-state index in [1.54, 1.807) is 30.6 Å². The van der Waals surface area contributed by atoms with Gasteiger partial charge < -0.3 is 16.0 Å². The molecule has 4 atom stereocenters. The van der Waals surface area contributed by atoms with E-state index < -0.39 is 11.9 Å². The molecule has 1 saturated heterocycles. The topological polar surface area (TPSA) is 94.0 Å². The smallest absolute Gasteiger partial charge is 0.261 e. The zero-order valence-electron chi connectivity index (χ0n) is 16.6. The highest BCUT2D eigenvalue weighted by Crippen LogP contribution is 2.35. The van der Waals surface area contributed by atoms with Gasteiger partial charge in [-0.15, -0.1) is 11.3 Å². The summed E-state index contributed by atoms with van der Waals surface area (Å²) in [5.74, 6) is -0.463. The number of nitriles is 1. The number of carbonyl (C=O) groups excluding carboxylic acids is 2. The van der Waals surface area contributed by atoms with Crippen molar-refractivity contribution in [1.29, 1.82) is 5.26 Å². The van der Waals surface area contributed by atoms with Gasteiger partial charge in [0.05, 0.1) is 17.0 Å². The quantitative estimate of drug-likeness (QED) is 0.662. The fourth-order valence-corrected chi connectivity index (χ4v) is 5.25. The number of amides is 2. The van der Waals surface area contributed by atoms with Gasteiger partial charge in [-0.1, -0.05) is 12.1 Å². The molecule has 8 heteroatoms. The molecule has 2 heterocycles. The molecule has 2 amide bonds. The summed E-state index contributed by atoms with van der Waals surface area (Å²) >= 11 is 1.29. The average Bonchev–Trinajstić information content (AvgIpc) is 3.50. The van der Waals surface area contributed by atoms with E-state index in [-0.39, 0.29) is 24.3 Å². The molecule has 2 bridgehead atoms. The number of hydrogen-bond donors (Lipinski definition) is 3. The van der Waals surface area contributed by atoms with Crippen LogP contribution in [0.25, 0.3) is 11.1 Å². The SMILES string of the molecule is CNC(=O)c1cc(-c2ccc(C[C@@H](C#N)NC(=O)[C@H]3N[C@@H]4CC[C@H]3C4)c(F)c2)cs1. The highest BCUT2D eigenvalue weighted by Gasteiger charge is 2.43. The number of rotatable bonds is 6. The molecule has 156 valence electrons. The molecule has 3 N–H and O–H groups in total.